The van der Waals surface area contributed by atoms with Crippen molar-refractivity contribution in [2.75, 3.05) is 39.5 Å². The van der Waals surface area contributed by atoms with E-state index in [4.69, 9.17) is 21.1 Å². The van der Waals surface area contributed by atoms with E-state index in [0.29, 0.717) is 30.5 Å². The molecule has 5 nitrogen and oxygen atoms in total. The van der Waals surface area contributed by atoms with Crippen molar-refractivity contribution in [2.24, 2.45) is 0 Å². The lowest BCUT2D eigenvalue weighted by atomic mass is 9.87. The Bertz CT molecular complexity index is 810. The number of nitrogens with one attached hydrogen (secondary N) is 1. The maximum Gasteiger partial charge on any atom is 0.258 e. The van der Waals surface area contributed by atoms with E-state index in [1.807, 2.05) is 48.5 Å². The summed E-state index contributed by atoms with van der Waals surface area (Å²) in [7, 11) is 0. The van der Waals surface area contributed by atoms with E-state index in [9.17, 15) is 4.79 Å². The van der Waals surface area contributed by atoms with Crippen LogP contribution in [0, 0.1) is 0 Å². The summed E-state index contributed by atoms with van der Waals surface area (Å²) in [6, 6.07) is 15.8. The highest BCUT2D eigenvalue weighted by atomic mass is 35.5. The lowest BCUT2D eigenvalue weighted by Crippen LogP contribution is -2.44. The molecule has 1 N–H and O–H groups in total. The Kier molecular flexibility index (Phi) is 7.75. The molecule has 3 rings (SSSR count). The van der Waals surface area contributed by atoms with Crippen molar-refractivity contribution < 1.29 is 14.3 Å². The molecular formula is C24H31ClN2O3. The van der Waals surface area contributed by atoms with Crippen LogP contribution in [-0.4, -0.2) is 50.3 Å². The Morgan fingerprint density at radius 3 is 2.33 bits per heavy atom. The van der Waals surface area contributed by atoms with Crippen LogP contribution in [0.25, 0.3) is 0 Å². The topological polar surface area (TPSA) is 50.8 Å². The second kappa shape index (κ2) is 10.3. The van der Waals surface area contributed by atoms with Gasteiger partial charge >= 0.3 is 0 Å². The molecule has 162 valence electrons. The van der Waals surface area contributed by atoms with E-state index in [-0.39, 0.29) is 24.0 Å². The van der Waals surface area contributed by atoms with Gasteiger partial charge in [-0.25, -0.2) is 0 Å². The molecule has 1 heterocycles. The van der Waals surface area contributed by atoms with Gasteiger partial charge in [0.25, 0.3) is 5.91 Å². The summed E-state index contributed by atoms with van der Waals surface area (Å²) < 4.78 is 11.1. The van der Waals surface area contributed by atoms with Gasteiger partial charge in [-0.2, -0.15) is 0 Å². The monoisotopic (exact) mass is 430 g/mol. The smallest absolute Gasteiger partial charge is 0.258 e. The van der Waals surface area contributed by atoms with Crippen molar-refractivity contribution in [3.8, 4) is 5.75 Å². The summed E-state index contributed by atoms with van der Waals surface area (Å²) in [5.74, 6) is 0.558. The predicted molar refractivity (Wildman–Crippen MR) is 120 cm³/mol. The number of benzene rings is 2. The molecule has 2 aromatic carbocycles. The van der Waals surface area contributed by atoms with Crippen LogP contribution < -0.4 is 10.1 Å². The molecule has 0 aromatic heterocycles. The third kappa shape index (κ3) is 6.46. The van der Waals surface area contributed by atoms with Gasteiger partial charge in [-0.1, -0.05) is 56.6 Å². The van der Waals surface area contributed by atoms with Gasteiger partial charge in [-0.3, -0.25) is 9.69 Å². The van der Waals surface area contributed by atoms with Gasteiger partial charge in [0, 0.05) is 24.7 Å². The predicted octanol–water partition coefficient (Wildman–Crippen LogP) is 4.21. The number of hydrogen-bond acceptors (Lipinski definition) is 4. The quantitative estimate of drug-likeness (QED) is 0.715. The first-order chi connectivity index (χ1) is 14.3. The molecule has 0 bridgehead atoms. The molecule has 1 saturated heterocycles. The number of morpholine rings is 1. The molecule has 2 aromatic rings. The zero-order valence-electron chi connectivity index (χ0n) is 18.0. The molecule has 0 spiro atoms. The fraction of sp³-hybridized carbons (Fsp3) is 0.458. The van der Waals surface area contributed by atoms with Crippen LogP contribution in [0.15, 0.2) is 48.5 Å². The minimum Gasteiger partial charge on any atom is -0.484 e. The third-order valence-electron chi connectivity index (χ3n) is 5.32. The summed E-state index contributed by atoms with van der Waals surface area (Å²) in [5.41, 5.74) is 2.45. The summed E-state index contributed by atoms with van der Waals surface area (Å²) >= 11 is 6.04. The van der Waals surface area contributed by atoms with Gasteiger partial charge in [0.2, 0.25) is 0 Å². The number of halogens is 1. The van der Waals surface area contributed by atoms with Gasteiger partial charge in [-0.15, -0.1) is 0 Å². The Morgan fingerprint density at radius 1 is 1.10 bits per heavy atom. The second-order valence-electron chi connectivity index (χ2n) is 8.58. The molecule has 0 radical (unpaired) electrons. The van der Waals surface area contributed by atoms with Crippen LogP contribution in [0.1, 0.15) is 37.9 Å². The molecule has 1 amide bonds. The Morgan fingerprint density at radius 2 is 1.73 bits per heavy atom. The molecule has 0 unspecified atom stereocenters. The number of amides is 1. The molecular weight excluding hydrogens is 400 g/mol. The summed E-state index contributed by atoms with van der Waals surface area (Å²) in [6.07, 6.45) is 0. The van der Waals surface area contributed by atoms with E-state index in [1.54, 1.807) is 0 Å². The van der Waals surface area contributed by atoms with E-state index in [0.717, 1.165) is 18.7 Å². The van der Waals surface area contributed by atoms with Crippen molar-refractivity contribution >= 4 is 17.5 Å². The minimum atomic E-state index is -0.137. The van der Waals surface area contributed by atoms with E-state index < -0.39 is 0 Å². The van der Waals surface area contributed by atoms with Crippen molar-refractivity contribution in [1.29, 1.82) is 0 Å². The van der Waals surface area contributed by atoms with Gasteiger partial charge < -0.3 is 14.8 Å². The molecule has 0 aliphatic carbocycles. The van der Waals surface area contributed by atoms with Gasteiger partial charge in [-0.05, 0) is 40.8 Å². The molecule has 1 atom stereocenters. The molecule has 1 aliphatic rings. The molecule has 6 heteroatoms. The average Bonchev–Trinajstić information content (AvgIpc) is 2.74. The fourth-order valence-electron chi connectivity index (χ4n) is 3.49. The highest BCUT2D eigenvalue weighted by Crippen LogP contribution is 2.25. The van der Waals surface area contributed by atoms with Crippen LogP contribution in [-0.2, 0) is 14.9 Å². The Balaban J connectivity index is 1.55. The maximum absolute atomic E-state index is 12.4. The Labute approximate surface area is 184 Å². The normalized spacial score (nSPS) is 16.1. The summed E-state index contributed by atoms with van der Waals surface area (Å²) in [4.78, 5) is 14.7. The number of hydrogen-bond donors (Lipinski definition) is 1. The number of ether oxygens (including phenoxy) is 2. The van der Waals surface area contributed by atoms with E-state index in [2.05, 4.69) is 31.0 Å². The van der Waals surface area contributed by atoms with Crippen molar-refractivity contribution in [1.82, 2.24) is 10.2 Å². The lowest BCUT2D eigenvalue weighted by Gasteiger charge is -2.35. The maximum atomic E-state index is 12.4. The Hall–Kier alpha value is -2.08. The van der Waals surface area contributed by atoms with Crippen molar-refractivity contribution in [3.63, 3.8) is 0 Å². The van der Waals surface area contributed by atoms with Gasteiger partial charge in [0.15, 0.2) is 6.61 Å². The highest BCUT2D eigenvalue weighted by molar-refractivity contribution is 6.30. The lowest BCUT2D eigenvalue weighted by molar-refractivity contribution is -0.123. The van der Waals surface area contributed by atoms with Crippen LogP contribution in [0.4, 0.5) is 0 Å². The molecule has 30 heavy (non-hydrogen) atoms. The first-order valence-electron chi connectivity index (χ1n) is 10.4. The standard InChI is InChI=1S/C24H31ClN2O3/c1-24(2,3)19-6-10-21(11-7-19)30-17-23(28)26-16-22(27-12-14-29-15-13-27)18-4-8-20(25)9-5-18/h4-11,22H,12-17H2,1-3H3,(H,26,28)/t22-/m0/s1. The van der Waals surface area contributed by atoms with Crippen LogP contribution in [0.3, 0.4) is 0 Å². The van der Waals surface area contributed by atoms with Gasteiger partial charge in [0.05, 0.1) is 19.3 Å². The summed E-state index contributed by atoms with van der Waals surface area (Å²) in [6.45, 7) is 10.1. The third-order valence-corrected chi connectivity index (χ3v) is 5.58. The van der Waals surface area contributed by atoms with Gasteiger partial charge in [0.1, 0.15) is 5.75 Å². The zero-order valence-corrected chi connectivity index (χ0v) is 18.7. The van der Waals surface area contributed by atoms with E-state index >= 15 is 0 Å². The molecule has 1 aliphatic heterocycles. The highest BCUT2D eigenvalue weighted by Gasteiger charge is 2.23. The first-order valence-corrected chi connectivity index (χ1v) is 10.8. The van der Waals surface area contributed by atoms with Crippen LogP contribution in [0.5, 0.6) is 5.75 Å². The number of nitrogens with zero attached hydrogens (tertiary/aromatic N) is 1. The zero-order chi connectivity index (χ0) is 21.6. The number of rotatable bonds is 7. The molecule has 0 saturated carbocycles. The SMILES string of the molecule is CC(C)(C)c1ccc(OCC(=O)NC[C@@H](c2ccc(Cl)cc2)N2CCOCC2)cc1. The minimum absolute atomic E-state index is 0.00862. The largest absolute Gasteiger partial charge is 0.484 e. The molecule has 1 fully saturated rings. The number of carbonyl (C=O) groups is 1. The van der Waals surface area contributed by atoms with E-state index in [1.165, 1.54) is 5.56 Å². The average molecular weight is 431 g/mol. The van der Waals surface area contributed by atoms with Crippen molar-refractivity contribution in [2.45, 2.75) is 32.2 Å². The number of carbonyl (C=O) groups excluding carboxylic acids is 1. The fourth-order valence-corrected chi connectivity index (χ4v) is 3.62. The first kappa shape index (κ1) is 22.6. The van der Waals surface area contributed by atoms with Crippen molar-refractivity contribution in [3.05, 3.63) is 64.7 Å². The van der Waals surface area contributed by atoms with Crippen LogP contribution in [0.2, 0.25) is 5.02 Å². The summed E-state index contributed by atoms with van der Waals surface area (Å²) in [5, 5.41) is 3.72. The van der Waals surface area contributed by atoms with Crippen LogP contribution >= 0.6 is 11.6 Å². The second-order valence-corrected chi connectivity index (χ2v) is 9.02.